The lowest BCUT2D eigenvalue weighted by molar-refractivity contribution is 0.321. The Labute approximate surface area is 105 Å². The summed E-state index contributed by atoms with van der Waals surface area (Å²) in [6, 6.07) is 4.83. The molecular weight excluding hydrogens is 233 g/mol. The number of benzene rings is 1. The van der Waals surface area contributed by atoms with Crippen LogP contribution in [0.5, 0.6) is 5.75 Å². The number of ether oxygens (including phenoxy) is 1. The Balaban J connectivity index is 2.39. The van der Waals surface area contributed by atoms with Crippen molar-refractivity contribution in [1.29, 1.82) is 0 Å². The van der Waals surface area contributed by atoms with E-state index in [0.29, 0.717) is 18.7 Å². The quantitative estimate of drug-likeness (QED) is 0.874. The second-order valence-corrected chi connectivity index (χ2v) is 3.96. The first-order chi connectivity index (χ1) is 8.67. The molecular formula is C13H16FN3O. The van der Waals surface area contributed by atoms with Gasteiger partial charge in [0, 0.05) is 12.1 Å². The van der Waals surface area contributed by atoms with Gasteiger partial charge in [0.2, 0.25) is 0 Å². The summed E-state index contributed by atoms with van der Waals surface area (Å²) in [4.78, 5) is 0. The van der Waals surface area contributed by atoms with Crippen LogP contribution in [0.15, 0.2) is 18.2 Å². The van der Waals surface area contributed by atoms with Crippen molar-refractivity contribution in [2.45, 2.75) is 20.4 Å². The Hall–Kier alpha value is -1.88. The molecule has 0 atom stereocenters. The minimum atomic E-state index is -0.383. The minimum Gasteiger partial charge on any atom is -0.491 e. The molecule has 0 spiro atoms. The van der Waals surface area contributed by atoms with Gasteiger partial charge in [-0.15, -0.1) is 0 Å². The van der Waals surface area contributed by atoms with Crippen molar-refractivity contribution in [3.05, 3.63) is 35.3 Å². The van der Waals surface area contributed by atoms with Crippen LogP contribution in [0.25, 0.3) is 11.3 Å². The van der Waals surface area contributed by atoms with Crippen LogP contribution in [0.3, 0.4) is 0 Å². The molecule has 1 aromatic carbocycles. The molecule has 2 rings (SSSR count). The predicted molar refractivity (Wildman–Crippen MR) is 67.8 cm³/mol. The summed E-state index contributed by atoms with van der Waals surface area (Å²) in [5.74, 6) is -0.125. The Bertz CT molecular complexity index is 551. The van der Waals surface area contributed by atoms with Crippen LogP contribution in [0, 0.1) is 12.7 Å². The number of H-pyrrole nitrogens is 1. The SMILES string of the molecule is CCOc1ccc(-c2n[nH]c(CN)c2C)cc1F. The van der Waals surface area contributed by atoms with E-state index in [9.17, 15) is 4.39 Å². The molecule has 3 N–H and O–H groups in total. The smallest absolute Gasteiger partial charge is 0.165 e. The van der Waals surface area contributed by atoms with Crippen LogP contribution in [-0.2, 0) is 6.54 Å². The molecule has 4 nitrogen and oxygen atoms in total. The second kappa shape index (κ2) is 5.18. The fourth-order valence-corrected chi connectivity index (χ4v) is 1.83. The summed E-state index contributed by atoms with van der Waals surface area (Å²) < 4.78 is 18.9. The normalized spacial score (nSPS) is 10.7. The molecule has 0 aliphatic heterocycles. The zero-order valence-electron chi connectivity index (χ0n) is 10.5. The highest BCUT2D eigenvalue weighted by atomic mass is 19.1. The van der Waals surface area contributed by atoms with Gasteiger partial charge in [-0.05, 0) is 37.6 Å². The molecule has 2 aromatic rings. The third-order valence-corrected chi connectivity index (χ3v) is 2.82. The molecule has 18 heavy (non-hydrogen) atoms. The van der Waals surface area contributed by atoms with Crippen LogP contribution in [-0.4, -0.2) is 16.8 Å². The molecule has 0 amide bonds. The number of halogens is 1. The van der Waals surface area contributed by atoms with Crippen molar-refractivity contribution in [3.8, 4) is 17.0 Å². The van der Waals surface area contributed by atoms with Crippen LogP contribution in [0.2, 0.25) is 0 Å². The van der Waals surface area contributed by atoms with E-state index in [-0.39, 0.29) is 11.6 Å². The zero-order chi connectivity index (χ0) is 13.1. The Morgan fingerprint density at radius 3 is 2.78 bits per heavy atom. The number of nitrogens with one attached hydrogen (secondary N) is 1. The summed E-state index contributed by atoms with van der Waals surface area (Å²) in [5.41, 5.74) is 8.81. The Morgan fingerprint density at radius 2 is 2.22 bits per heavy atom. The van der Waals surface area contributed by atoms with E-state index in [0.717, 1.165) is 17.0 Å². The van der Waals surface area contributed by atoms with Crippen molar-refractivity contribution in [1.82, 2.24) is 10.2 Å². The molecule has 0 saturated carbocycles. The van der Waals surface area contributed by atoms with Crippen LogP contribution in [0.4, 0.5) is 4.39 Å². The topological polar surface area (TPSA) is 63.9 Å². The van der Waals surface area contributed by atoms with E-state index in [2.05, 4.69) is 10.2 Å². The average Bonchev–Trinajstić information content (AvgIpc) is 2.73. The Morgan fingerprint density at radius 1 is 1.44 bits per heavy atom. The zero-order valence-corrected chi connectivity index (χ0v) is 10.5. The first-order valence-corrected chi connectivity index (χ1v) is 5.84. The fourth-order valence-electron chi connectivity index (χ4n) is 1.83. The third kappa shape index (κ3) is 2.22. The van der Waals surface area contributed by atoms with Gasteiger partial charge in [0.25, 0.3) is 0 Å². The van der Waals surface area contributed by atoms with Gasteiger partial charge in [-0.2, -0.15) is 5.10 Å². The summed E-state index contributed by atoms with van der Waals surface area (Å²) >= 11 is 0. The van der Waals surface area contributed by atoms with Crippen molar-refractivity contribution in [3.63, 3.8) is 0 Å². The predicted octanol–water partition coefficient (Wildman–Crippen LogP) is 2.38. The largest absolute Gasteiger partial charge is 0.491 e. The summed E-state index contributed by atoms with van der Waals surface area (Å²) in [5, 5.41) is 7.01. The van der Waals surface area contributed by atoms with E-state index >= 15 is 0 Å². The molecule has 1 aromatic heterocycles. The maximum absolute atomic E-state index is 13.8. The lowest BCUT2D eigenvalue weighted by Gasteiger charge is -2.06. The van der Waals surface area contributed by atoms with E-state index in [1.165, 1.54) is 6.07 Å². The number of aromatic nitrogens is 2. The summed E-state index contributed by atoms with van der Waals surface area (Å²) in [7, 11) is 0. The van der Waals surface area contributed by atoms with Crippen LogP contribution in [0.1, 0.15) is 18.2 Å². The highest BCUT2D eigenvalue weighted by molar-refractivity contribution is 5.64. The van der Waals surface area contributed by atoms with E-state index in [4.69, 9.17) is 10.5 Å². The standard InChI is InChI=1S/C13H16FN3O/c1-3-18-12-5-4-9(6-10(12)14)13-8(2)11(7-15)16-17-13/h4-6H,3,7,15H2,1-2H3,(H,16,17). The maximum Gasteiger partial charge on any atom is 0.165 e. The number of nitrogens with zero attached hydrogens (tertiary/aromatic N) is 1. The van der Waals surface area contributed by atoms with Crippen molar-refractivity contribution >= 4 is 0 Å². The summed E-state index contributed by atoms with van der Waals surface area (Å²) in [6.45, 7) is 4.56. The van der Waals surface area contributed by atoms with Gasteiger partial charge in [-0.1, -0.05) is 0 Å². The van der Waals surface area contributed by atoms with Gasteiger partial charge < -0.3 is 10.5 Å². The average molecular weight is 249 g/mol. The van der Waals surface area contributed by atoms with E-state index in [1.807, 2.05) is 13.8 Å². The van der Waals surface area contributed by atoms with Crippen molar-refractivity contribution in [2.24, 2.45) is 5.73 Å². The van der Waals surface area contributed by atoms with Gasteiger partial charge in [-0.3, -0.25) is 5.10 Å². The molecule has 0 radical (unpaired) electrons. The van der Waals surface area contributed by atoms with Gasteiger partial charge in [0.15, 0.2) is 11.6 Å². The monoisotopic (exact) mass is 249 g/mol. The van der Waals surface area contributed by atoms with Crippen molar-refractivity contribution < 1.29 is 9.13 Å². The number of hydrogen-bond acceptors (Lipinski definition) is 3. The number of hydrogen-bond donors (Lipinski definition) is 2. The lowest BCUT2D eigenvalue weighted by atomic mass is 10.1. The van der Waals surface area contributed by atoms with Crippen LogP contribution < -0.4 is 10.5 Å². The van der Waals surface area contributed by atoms with Gasteiger partial charge in [0.1, 0.15) is 0 Å². The number of rotatable bonds is 4. The van der Waals surface area contributed by atoms with Gasteiger partial charge in [0.05, 0.1) is 18.0 Å². The summed E-state index contributed by atoms with van der Waals surface area (Å²) in [6.07, 6.45) is 0. The number of aromatic amines is 1. The number of nitrogens with two attached hydrogens (primary N) is 1. The molecule has 1 heterocycles. The first kappa shape index (κ1) is 12.6. The maximum atomic E-state index is 13.8. The van der Waals surface area contributed by atoms with Gasteiger partial charge >= 0.3 is 0 Å². The molecule has 5 heteroatoms. The molecule has 0 saturated heterocycles. The molecule has 96 valence electrons. The Kier molecular flexibility index (Phi) is 3.62. The molecule has 0 aliphatic carbocycles. The fraction of sp³-hybridized carbons (Fsp3) is 0.308. The van der Waals surface area contributed by atoms with Gasteiger partial charge in [-0.25, -0.2) is 4.39 Å². The van der Waals surface area contributed by atoms with Crippen molar-refractivity contribution in [2.75, 3.05) is 6.61 Å². The second-order valence-electron chi connectivity index (χ2n) is 3.96. The first-order valence-electron chi connectivity index (χ1n) is 5.84. The van der Waals surface area contributed by atoms with E-state index < -0.39 is 0 Å². The molecule has 0 aliphatic rings. The third-order valence-electron chi connectivity index (χ3n) is 2.82. The highest BCUT2D eigenvalue weighted by Crippen LogP contribution is 2.27. The molecule has 0 unspecified atom stereocenters. The molecule has 0 fully saturated rings. The van der Waals surface area contributed by atoms with Crippen LogP contribution >= 0.6 is 0 Å². The highest BCUT2D eigenvalue weighted by Gasteiger charge is 2.12. The minimum absolute atomic E-state index is 0.258. The lowest BCUT2D eigenvalue weighted by Crippen LogP contribution is -1.98. The molecule has 0 bridgehead atoms. The van der Waals surface area contributed by atoms with E-state index in [1.54, 1.807) is 12.1 Å².